The van der Waals surface area contributed by atoms with Crippen molar-refractivity contribution < 1.29 is 28.7 Å². The molecule has 0 aliphatic carbocycles. The van der Waals surface area contributed by atoms with Gasteiger partial charge in [0.15, 0.2) is 0 Å². The summed E-state index contributed by atoms with van der Waals surface area (Å²) < 4.78 is 5.95. The number of likely N-dealkylation sites (N-methyl/N-ethyl adjacent to an activating group) is 1. The molecule has 0 bridgehead atoms. The molecule has 2 heterocycles. The zero-order chi connectivity index (χ0) is 33.8. The lowest BCUT2D eigenvalue weighted by molar-refractivity contribution is -0.142. The Labute approximate surface area is 273 Å². The molecule has 4 N–H and O–H groups in total. The first-order valence-electron chi connectivity index (χ1n) is 16.8. The Kier molecular flexibility index (Phi) is 14.3. The first kappa shape index (κ1) is 36.8. The van der Waals surface area contributed by atoms with Crippen LogP contribution in [0.4, 0.5) is 0 Å². The molecule has 0 aromatic heterocycles. The van der Waals surface area contributed by atoms with E-state index in [0.717, 1.165) is 25.9 Å². The van der Waals surface area contributed by atoms with E-state index in [9.17, 15) is 24.0 Å². The third-order valence-electron chi connectivity index (χ3n) is 8.54. The van der Waals surface area contributed by atoms with Gasteiger partial charge in [-0.3, -0.25) is 24.0 Å². The van der Waals surface area contributed by atoms with Crippen LogP contribution in [-0.2, 0) is 19.2 Å². The predicted octanol–water partition coefficient (Wildman–Crippen LogP) is 2.08. The Balaban J connectivity index is 1.92. The van der Waals surface area contributed by atoms with E-state index < -0.39 is 47.8 Å². The lowest BCUT2D eigenvalue weighted by Crippen LogP contribution is -2.57. The van der Waals surface area contributed by atoms with Gasteiger partial charge in [-0.05, 0) is 63.2 Å². The maximum Gasteiger partial charge on any atom is 0.255 e. The fraction of sp³-hybridized carbons (Fsp3) is 0.676. The number of fused-ring (bicyclic) bond motifs is 1. The van der Waals surface area contributed by atoms with Crippen LogP contribution < -0.4 is 26.0 Å². The van der Waals surface area contributed by atoms with E-state index in [4.69, 9.17) is 4.74 Å². The maximum atomic E-state index is 13.8. The highest BCUT2D eigenvalue weighted by molar-refractivity contribution is 6.01. The van der Waals surface area contributed by atoms with Crippen molar-refractivity contribution in [2.24, 2.45) is 11.8 Å². The molecule has 3 rings (SSSR count). The minimum atomic E-state index is -1.19. The summed E-state index contributed by atoms with van der Waals surface area (Å²) in [5.41, 5.74) is 0.197. The van der Waals surface area contributed by atoms with Gasteiger partial charge in [0, 0.05) is 20.1 Å². The van der Waals surface area contributed by atoms with Crippen LogP contribution in [0.15, 0.2) is 24.3 Å². The highest BCUT2D eigenvalue weighted by Gasteiger charge is 2.35. The number of hydrogen-bond donors (Lipinski definition) is 4. The van der Waals surface area contributed by atoms with E-state index in [-0.39, 0.29) is 42.1 Å². The largest absolute Gasteiger partial charge is 0.491 e. The molecular formula is C34H54N6O6. The standard InChI is InChI=1S/C34H54N6O6/c1-22(2)19-27-33(44)38-30(23(3)4)34(45)36-24(5)21-46-28-14-10-9-13-25(28)31(42)37-26(20-29(41)39(27)6)32(43)35-15-18-40-16-11-7-8-12-17-40/h9-10,13-14,22-24,26-27,30H,7-8,11-12,15-21H2,1-6H3,(H,35,43)(H,36,45)(H,37,42)(H,38,44)/t24-,26-,27-,30+/m0/s1. The summed E-state index contributed by atoms with van der Waals surface area (Å²) >= 11 is 0. The number of nitrogens with zero attached hydrogens (tertiary/aromatic N) is 2. The molecule has 0 saturated carbocycles. The third kappa shape index (κ3) is 11.0. The molecule has 0 spiro atoms. The Bertz CT molecular complexity index is 1200. The SMILES string of the molecule is CC(C)C[C@H]1C(=O)N[C@H](C(C)C)C(=O)N[C@@H](C)COc2ccccc2C(=O)N[C@H](C(=O)NCCN2CCCCCC2)CC(=O)N1C. The minimum absolute atomic E-state index is 0.0536. The van der Waals surface area contributed by atoms with Crippen molar-refractivity contribution in [2.45, 2.75) is 97.3 Å². The molecule has 2 aliphatic heterocycles. The molecule has 0 unspecified atom stereocenters. The number of ether oxygens (including phenoxy) is 1. The van der Waals surface area contributed by atoms with Gasteiger partial charge in [-0.2, -0.15) is 0 Å². The highest BCUT2D eigenvalue weighted by atomic mass is 16.5. The average molecular weight is 643 g/mol. The number of carbonyl (C=O) groups is 5. The number of amides is 5. The lowest BCUT2D eigenvalue weighted by atomic mass is 9.98. The summed E-state index contributed by atoms with van der Waals surface area (Å²) in [7, 11) is 1.52. The van der Waals surface area contributed by atoms with Crippen LogP contribution in [0.3, 0.4) is 0 Å². The topological polar surface area (TPSA) is 149 Å². The quantitative estimate of drug-likeness (QED) is 0.356. The van der Waals surface area contributed by atoms with Gasteiger partial charge in [-0.15, -0.1) is 0 Å². The number of carbonyl (C=O) groups excluding carboxylic acids is 5. The number of benzene rings is 1. The van der Waals surface area contributed by atoms with Crippen molar-refractivity contribution in [3.05, 3.63) is 29.8 Å². The van der Waals surface area contributed by atoms with E-state index in [1.54, 1.807) is 31.2 Å². The van der Waals surface area contributed by atoms with E-state index in [0.29, 0.717) is 19.5 Å². The van der Waals surface area contributed by atoms with Gasteiger partial charge >= 0.3 is 0 Å². The zero-order valence-corrected chi connectivity index (χ0v) is 28.4. The van der Waals surface area contributed by atoms with Gasteiger partial charge in [0.2, 0.25) is 23.6 Å². The van der Waals surface area contributed by atoms with Gasteiger partial charge in [-0.25, -0.2) is 0 Å². The van der Waals surface area contributed by atoms with E-state index in [1.807, 2.05) is 27.7 Å². The van der Waals surface area contributed by atoms with Crippen LogP contribution in [0.25, 0.3) is 0 Å². The van der Waals surface area contributed by atoms with Crippen molar-refractivity contribution in [3.8, 4) is 5.75 Å². The molecular weight excluding hydrogens is 588 g/mol. The average Bonchev–Trinajstić information content (AvgIpc) is 3.28. The van der Waals surface area contributed by atoms with Crippen molar-refractivity contribution in [2.75, 3.05) is 39.8 Å². The zero-order valence-electron chi connectivity index (χ0n) is 28.4. The van der Waals surface area contributed by atoms with Gasteiger partial charge < -0.3 is 35.8 Å². The van der Waals surface area contributed by atoms with Crippen LogP contribution in [-0.4, -0.2) is 103 Å². The van der Waals surface area contributed by atoms with Crippen molar-refractivity contribution in [3.63, 3.8) is 0 Å². The summed E-state index contributed by atoms with van der Waals surface area (Å²) in [5, 5.41) is 11.4. The van der Waals surface area contributed by atoms with Crippen LogP contribution in [0.1, 0.15) is 83.5 Å². The van der Waals surface area contributed by atoms with Gasteiger partial charge in [-0.1, -0.05) is 52.7 Å². The lowest BCUT2D eigenvalue weighted by Gasteiger charge is -2.32. The summed E-state index contributed by atoms with van der Waals surface area (Å²) in [4.78, 5) is 71.5. The molecule has 1 saturated heterocycles. The number of nitrogens with one attached hydrogen (secondary N) is 4. The fourth-order valence-electron chi connectivity index (χ4n) is 5.80. The second kappa shape index (κ2) is 17.9. The summed E-state index contributed by atoms with van der Waals surface area (Å²) in [5.74, 6) is -2.26. The molecule has 5 amide bonds. The smallest absolute Gasteiger partial charge is 0.255 e. The van der Waals surface area contributed by atoms with Crippen LogP contribution >= 0.6 is 0 Å². The Morgan fingerprint density at radius 3 is 2.28 bits per heavy atom. The summed E-state index contributed by atoms with van der Waals surface area (Å²) in [6.07, 6.45) is 4.65. The van der Waals surface area contributed by atoms with Crippen LogP contribution in [0.2, 0.25) is 0 Å². The van der Waals surface area contributed by atoms with E-state index >= 15 is 0 Å². The second-order valence-corrected chi connectivity index (χ2v) is 13.4. The maximum absolute atomic E-state index is 13.8. The summed E-state index contributed by atoms with van der Waals surface area (Å²) in [6.45, 7) is 12.4. The molecule has 0 radical (unpaired) electrons. The molecule has 46 heavy (non-hydrogen) atoms. The molecule has 256 valence electrons. The molecule has 1 fully saturated rings. The first-order valence-corrected chi connectivity index (χ1v) is 16.8. The van der Waals surface area contributed by atoms with Crippen molar-refractivity contribution in [1.82, 2.24) is 31.1 Å². The van der Waals surface area contributed by atoms with Gasteiger partial charge in [0.05, 0.1) is 18.0 Å². The Morgan fingerprint density at radius 2 is 1.63 bits per heavy atom. The fourth-order valence-corrected chi connectivity index (χ4v) is 5.80. The van der Waals surface area contributed by atoms with E-state index in [2.05, 4.69) is 26.2 Å². The molecule has 4 atom stereocenters. The number of rotatable bonds is 7. The number of para-hydroxylation sites is 1. The highest BCUT2D eigenvalue weighted by Crippen LogP contribution is 2.20. The predicted molar refractivity (Wildman–Crippen MR) is 176 cm³/mol. The normalized spacial score (nSPS) is 24.7. The molecule has 12 heteroatoms. The molecule has 2 aliphatic rings. The van der Waals surface area contributed by atoms with Crippen LogP contribution in [0, 0.1) is 11.8 Å². The monoisotopic (exact) mass is 642 g/mol. The van der Waals surface area contributed by atoms with Gasteiger partial charge in [0.1, 0.15) is 30.5 Å². The molecule has 12 nitrogen and oxygen atoms in total. The second-order valence-electron chi connectivity index (χ2n) is 13.4. The first-order chi connectivity index (χ1) is 21.9. The molecule has 1 aromatic carbocycles. The number of hydrogen-bond acceptors (Lipinski definition) is 7. The van der Waals surface area contributed by atoms with Gasteiger partial charge in [0.25, 0.3) is 5.91 Å². The van der Waals surface area contributed by atoms with Crippen molar-refractivity contribution >= 4 is 29.5 Å². The third-order valence-corrected chi connectivity index (χ3v) is 8.54. The Hall–Kier alpha value is -3.67. The van der Waals surface area contributed by atoms with Crippen LogP contribution in [0.5, 0.6) is 5.75 Å². The minimum Gasteiger partial charge on any atom is -0.491 e. The summed E-state index contributed by atoms with van der Waals surface area (Å²) in [6, 6.07) is 3.26. The number of likely N-dealkylation sites (tertiary alicyclic amines) is 1. The van der Waals surface area contributed by atoms with E-state index in [1.165, 1.54) is 24.8 Å². The Morgan fingerprint density at radius 1 is 0.957 bits per heavy atom. The molecule has 1 aromatic rings. The van der Waals surface area contributed by atoms with Crippen molar-refractivity contribution in [1.29, 1.82) is 0 Å².